The summed E-state index contributed by atoms with van der Waals surface area (Å²) < 4.78 is 0. The van der Waals surface area contributed by atoms with E-state index in [1.54, 1.807) is 0 Å². The fourth-order valence-electron chi connectivity index (χ4n) is 0.246. The molecule has 14 heavy (non-hydrogen) atoms. The summed E-state index contributed by atoms with van der Waals surface area (Å²) in [5, 5.41) is 20.5. The van der Waals surface area contributed by atoms with E-state index in [4.69, 9.17) is 0 Å². The van der Waals surface area contributed by atoms with Crippen LogP contribution in [0.4, 0.5) is 9.59 Å². The van der Waals surface area contributed by atoms with Crippen LogP contribution in [-0.4, -0.2) is 22.4 Å². The Morgan fingerprint density at radius 3 is 1.43 bits per heavy atom. The molecular weight excluding hydrogens is 208 g/mol. The minimum absolute atomic E-state index is 1.50. The van der Waals surface area contributed by atoms with Crippen molar-refractivity contribution in [3.63, 3.8) is 0 Å². The maximum absolute atomic E-state index is 10.1. The molecule has 0 saturated carbocycles. The van der Waals surface area contributed by atoms with Crippen LogP contribution in [0.5, 0.6) is 0 Å². The predicted octanol–water partition coefficient (Wildman–Crippen LogP) is 0.0952. The van der Waals surface area contributed by atoms with Crippen LogP contribution in [0.1, 0.15) is 0 Å². The van der Waals surface area contributed by atoms with Crippen molar-refractivity contribution in [3.05, 3.63) is 20.2 Å². The van der Waals surface area contributed by atoms with Crippen LogP contribution < -0.4 is 0 Å². The standard InChI is InChI=1S/C2N4O8/c7-1(13-5(9)10)3-4-2(8)14-6(11)12. The average molecular weight is 208 g/mol. The molecule has 0 saturated heterocycles. The molecule has 0 unspecified atom stereocenters. The molecule has 0 heterocycles. The van der Waals surface area contributed by atoms with Crippen LogP contribution in [0, 0.1) is 20.2 Å². The molecule has 0 aromatic carbocycles. The summed E-state index contributed by atoms with van der Waals surface area (Å²) in [4.78, 5) is 45.5. The molecule has 12 nitrogen and oxygen atoms in total. The Morgan fingerprint density at radius 1 is 0.929 bits per heavy atom. The van der Waals surface area contributed by atoms with Gasteiger partial charge in [0, 0.05) is 0 Å². The smallest absolute Gasteiger partial charge is 0.238 e. The lowest BCUT2D eigenvalue weighted by Gasteiger charge is -1.87. The van der Waals surface area contributed by atoms with Crippen LogP contribution in [0.25, 0.3) is 0 Å². The molecule has 0 aliphatic carbocycles. The molecule has 0 radical (unpaired) electrons. The number of rotatable bonds is 2. The van der Waals surface area contributed by atoms with E-state index in [1.807, 2.05) is 0 Å². The third-order valence-electron chi connectivity index (χ3n) is 0.519. The second-order valence-electron chi connectivity index (χ2n) is 1.36. The van der Waals surface area contributed by atoms with Crippen molar-refractivity contribution in [1.29, 1.82) is 0 Å². The van der Waals surface area contributed by atoms with Gasteiger partial charge in [0.05, 0.1) is 0 Å². The molecule has 0 aliphatic heterocycles. The number of hydrogen-bond donors (Lipinski definition) is 0. The largest absolute Gasteiger partial charge is 0.440 e. The first kappa shape index (κ1) is 11.3. The van der Waals surface area contributed by atoms with Gasteiger partial charge < -0.3 is 0 Å². The highest BCUT2D eigenvalue weighted by Gasteiger charge is 2.09. The molecule has 0 bridgehead atoms. The van der Waals surface area contributed by atoms with E-state index in [-0.39, 0.29) is 0 Å². The minimum atomic E-state index is -1.82. The maximum atomic E-state index is 10.1. The SMILES string of the molecule is O=C(N=NC(=O)O[N+](=O)[O-])O[N+](=O)[O-]. The summed E-state index contributed by atoms with van der Waals surface area (Å²) in [6.45, 7) is 0. The molecule has 12 heteroatoms. The summed E-state index contributed by atoms with van der Waals surface area (Å²) in [6, 6.07) is 0. The quantitative estimate of drug-likeness (QED) is 0.349. The molecule has 2 amide bonds. The minimum Gasteiger partial charge on any atom is -0.238 e. The molecule has 0 N–H and O–H groups in total. The summed E-state index contributed by atoms with van der Waals surface area (Å²) in [5.74, 6) is 0. The number of hydrogen-bond acceptors (Lipinski definition) is 8. The van der Waals surface area contributed by atoms with Gasteiger partial charge in [0.15, 0.2) is 0 Å². The number of amides is 2. The summed E-state index contributed by atoms with van der Waals surface area (Å²) in [6.07, 6.45) is -3.65. The van der Waals surface area contributed by atoms with E-state index in [2.05, 4.69) is 19.9 Å². The maximum Gasteiger partial charge on any atom is 0.440 e. The van der Waals surface area contributed by atoms with E-state index in [0.717, 1.165) is 0 Å². The number of azo groups is 1. The van der Waals surface area contributed by atoms with Crippen molar-refractivity contribution >= 4 is 12.2 Å². The van der Waals surface area contributed by atoms with Gasteiger partial charge in [-0.25, -0.2) is 19.3 Å². The van der Waals surface area contributed by atoms with Gasteiger partial charge >= 0.3 is 22.4 Å². The van der Waals surface area contributed by atoms with Gasteiger partial charge in [-0.15, -0.1) is 20.2 Å². The van der Waals surface area contributed by atoms with E-state index < -0.39 is 22.4 Å². The highest BCUT2D eigenvalue weighted by atomic mass is 17.0. The van der Waals surface area contributed by atoms with Gasteiger partial charge in [0.1, 0.15) is 0 Å². The molecule has 0 aliphatic rings. The zero-order valence-corrected chi connectivity index (χ0v) is 6.05. The van der Waals surface area contributed by atoms with Gasteiger partial charge in [-0.3, -0.25) is 0 Å². The predicted molar refractivity (Wildman–Crippen MR) is 31.8 cm³/mol. The first-order valence-corrected chi connectivity index (χ1v) is 2.56. The summed E-state index contributed by atoms with van der Waals surface area (Å²) >= 11 is 0. The van der Waals surface area contributed by atoms with Gasteiger partial charge in [0.25, 0.3) is 0 Å². The van der Waals surface area contributed by atoms with Crippen LogP contribution in [-0.2, 0) is 9.68 Å². The van der Waals surface area contributed by atoms with Crippen LogP contribution in [0.15, 0.2) is 10.2 Å². The molecule has 0 aromatic rings. The topological polar surface area (TPSA) is 164 Å². The van der Waals surface area contributed by atoms with E-state index in [9.17, 15) is 29.8 Å². The number of carbonyl (C=O) groups is 2. The lowest BCUT2D eigenvalue weighted by molar-refractivity contribution is -0.727. The average Bonchev–Trinajstić information content (AvgIpc) is 1.98. The van der Waals surface area contributed by atoms with Crippen molar-refractivity contribution in [3.8, 4) is 0 Å². The highest BCUT2D eigenvalue weighted by molar-refractivity contribution is 5.72. The molecule has 0 fully saturated rings. The van der Waals surface area contributed by atoms with Crippen molar-refractivity contribution in [2.75, 3.05) is 0 Å². The van der Waals surface area contributed by atoms with E-state index in [1.165, 1.54) is 0 Å². The third kappa shape index (κ3) is 6.08. The summed E-state index contributed by atoms with van der Waals surface area (Å²) in [5.41, 5.74) is 0. The van der Waals surface area contributed by atoms with Gasteiger partial charge in [-0.1, -0.05) is 10.2 Å². The molecular formula is C2N4O8. The first-order chi connectivity index (χ1) is 6.41. The Kier molecular flexibility index (Phi) is 4.11. The van der Waals surface area contributed by atoms with Crippen molar-refractivity contribution in [1.82, 2.24) is 0 Å². The number of carbonyl (C=O) groups excluding carboxylic acids is 2. The van der Waals surface area contributed by atoms with Crippen molar-refractivity contribution in [2.45, 2.75) is 0 Å². The van der Waals surface area contributed by atoms with Gasteiger partial charge in [0.2, 0.25) is 0 Å². The fraction of sp³-hybridized carbons (Fsp3) is 0. The Hall–Kier alpha value is -2.66. The molecule has 0 spiro atoms. The Balaban J connectivity index is 4.04. The molecule has 76 valence electrons. The molecule has 0 rings (SSSR count). The highest BCUT2D eigenvalue weighted by Crippen LogP contribution is 1.89. The Morgan fingerprint density at radius 2 is 1.21 bits per heavy atom. The van der Waals surface area contributed by atoms with E-state index >= 15 is 0 Å². The lowest BCUT2D eigenvalue weighted by Crippen LogP contribution is -2.08. The van der Waals surface area contributed by atoms with E-state index in [0.29, 0.717) is 0 Å². The van der Waals surface area contributed by atoms with Crippen molar-refractivity contribution in [2.24, 2.45) is 10.2 Å². The Bertz CT molecular complexity index is 276. The zero-order chi connectivity index (χ0) is 11.1. The fourth-order valence-corrected chi connectivity index (χ4v) is 0.246. The van der Waals surface area contributed by atoms with Gasteiger partial charge in [-0.2, -0.15) is 0 Å². The normalized spacial score (nSPS) is 9.43. The van der Waals surface area contributed by atoms with Gasteiger partial charge in [-0.05, 0) is 0 Å². The van der Waals surface area contributed by atoms with Crippen molar-refractivity contribution < 1.29 is 29.4 Å². The lowest BCUT2D eigenvalue weighted by atomic mass is 11.2. The molecule has 0 aromatic heterocycles. The second kappa shape index (κ2) is 5.07. The third-order valence-corrected chi connectivity index (χ3v) is 0.519. The Labute approximate surface area is 73.3 Å². The molecule has 0 atom stereocenters. The van der Waals surface area contributed by atoms with Crippen LogP contribution in [0.3, 0.4) is 0 Å². The monoisotopic (exact) mass is 208 g/mol. The van der Waals surface area contributed by atoms with Crippen LogP contribution in [0.2, 0.25) is 0 Å². The zero-order valence-electron chi connectivity index (χ0n) is 6.05. The first-order valence-electron chi connectivity index (χ1n) is 2.56. The number of nitrogens with zero attached hydrogens (tertiary/aromatic N) is 4. The second-order valence-corrected chi connectivity index (χ2v) is 1.36. The van der Waals surface area contributed by atoms with Crippen LogP contribution >= 0.6 is 0 Å². The summed E-state index contributed by atoms with van der Waals surface area (Å²) in [7, 11) is 0.